The van der Waals surface area contributed by atoms with Crippen LogP contribution in [0.2, 0.25) is 0 Å². The molecule has 1 aliphatic carbocycles. The average Bonchev–Trinajstić information content (AvgIpc) is 3.70. The first-order chi connectivity index (χ1) is 21.3. The van der Waals surface area contributed by atoms with Crippen LogP contribution in [0.5, 0.6) is 5.75 Å². The molecule has 47 heavy (non-hydrogen) atoms. The zero-order valence-corrected chi connectivity index (χ0v) is 28.4. The Kier molecular flexibility index (Phi) is 13.5. The minimum Gasteiger partial charge on any atom is -0.540 e. The van der Waals surface area contributed by atoms with Crippen LogP contribution in [0, 0.1) is 17.3 Å². The third-order valence-corrected chi connectivity index (χ3v) is 8.41. The van der Waals surface area contributed by atoms with Crippen LogP contribution in [0.1, 0.15) is 83.8 Å². The van der Waals surface area contributed by atoms with Gasteiger partial charge in [0.15, 0.2) is 0 Å². The predicted octanol–water partition coefficient (Wildman–Crippen LogP) is 6.63. The number of rotatable bonds is 10. The summed E-state index contributed by atoms with van der Waals surface area (Å²) in [6.07, 6.45) is -0.939. The molecule has 1 saturated heterocycles. The molecule has 1 aromatic heterocycles. The standard InChI is InChI=1S/C19H20F5NO2.C13H21N2O4.V/c1-27-12-7-8-13-14(10-12)25-17(26)16(15(13)19(22,23)24)18(20,21)9-3-2-4-11-5-6-11;1-8-5-6-15(9(8)7-16)11(17)10(13(2,3)4)14-12(18)19;/h7-8,10-11H,2-6,9H2,1H3,(H,25,26);8-10,14H,5-6H2,1-4H3,(H,18,19);/q;-1;/t;8?,9?,10-;/m.1./s1. The molecule has 2 amide bonds. The van der Waals surface area contributed by atoms with E-state index in [-0.39, 0.29) is 48.1 Å². The van der Waals surface area contributed by atoms with Gasteiger partial charge in [0.05, 0.1) is 23.8 Å². The van der Waals surface area contributed by atoms with Crippen molar-refractivity contribution >= 4 is 29.2 Å². The molecule has 1 radical (unpaired) electrons. The van der Waals surface area contributed by atoms with E-state index in [1.54, 1.807) is 20.8 Å². The van der Waals surface area contributed by atoms with Crippen LogP contribution in [0.4, 0.5) is 26.7 Å². The Bertz CT molecular complexity index is 1470. The van der Waals surface area contributed by atoms with Gasteiger partial charge in [0, 0.05) is 43.0 Å². The summed E-state index contributed by atoms with van der Waals surface area (Å²) in [5, 5.41) is 10.6. The summed E-state index contributed by atoms with van der Waals surface area (Å²) in [4.78, 5) is 50.1. The maximum atomic E-state index is 14.7. The van der Waals surface area contributed by atoms with Crippen LogP contribution in [0.3, 0.4) is 0 Å². The molecular formula is C32H41F5N3O6V-. The Labute approximate surface area is 281 Å². The summed E-state index contributed by atoms with van der Waals surface area (Å²) in [6.45, 7) is 7.70. The summed E-state index contributed by atoms with van der Waals surface area (Å²) >= 11 is 0. The van der Waals surface area contributed by atoms with Gasteiger partial charge in [-0.3, -0.25) is 9.59 Å². The van der Waals surface area contributed by atoms with Gasteiger partial charge in [0.2, 0.25) is 5.91 Å². The number of carbonyl (C=O) groups excluding carboxylic acids is 2. The van der Waals surface area contributed by atoms with Gasteiger partial charge in [0.1, 0.15) is 11.8 Å². The largest absolute Gasteiger partial charge is 0.540 e. The number of H-pyrrole nitrogens is 1. The van der Waals surface area contributed by atoms with Crippen molar-refractivity contribution in [3.05, 3.63) is 39.7 Å². The number of hydrogen-bond donors (Lipinski definition) is 3. The van der Waals surface area contributed by atoms with Crippen LogP contribution >= 0.6 is 0 Å². The van der Waals surface area contributed by atoms with Crippen molar-refractivity contribution in [1.29, 1.82) is 0 Å². The minimum atomic E-state index is -5.09. The molecule has 9 nitrogen and oxygen atoms in total. The van der Waals surface area contributed by atoms with E-state index in [9.17, 15) is 41.1 Å². The van der Waals surface area contributed by atoms with Crippen molar-refractivity contribution in [2.24, 2.45) is 17.3 Å². The number of likely N-dealkylation sites (tertiary alicyclic amines) is 1. The molecule has 0 spiro atoms. The molecule has 3 atom stereocenters. The van der Waals surface area contributed by atoms with Gasteiger partial charge in [-0.2, -0.15) is 13.2 Å². The van der Waals surface area contributed by atoms with E-state index >= 15 is 0 Å². The smallest absolute Gasteiger partial charge is 0.417 e. The van der Waals surface area contributed by atoms with Gasteiger partial charge in [-0.1, -0.05) is 59.4 Å². The molecule has 1 aromatic carbocycles. The number of aromatic amines is 1. The number of nitrogens with zero attached hydrogens (tertiary/aromatic N) is 1. The van der Waals surface area contributed by atoms with Crippen molar-refractivity contribution in [3.63, 3.8) is 0 Å². The number of ether oxygens (including phenoxy) is 1. The molecule has 3 N–H and O–H groups in total. The van der Waals surface area contributed by atoms with E-state index in [0.717, 1.165) is 31.7 Å². The first-order valence-electron chi connectivity index (χ1n) is 15.2. The number of fused-ring (bicyclic) bond motifs is 1. The topological polar surface area (TPSA) is 129 Å². The maximum Gasteiger partial charge on any atom is 0.417 e. The summed E-state index contributed by atoms with van der Waals surface area (Å²) in [7, 11) is 1.31. The number of aromatic nitrogens is 1. The number of pyridine rings is 1. The van der Waals surface area contributed by atoms with Crippen LogP contribution < -0.4 is 15.6 Å². The fourth-order valence-electron chi connectivity index (χ4n) is 5.67. The zero-order valence-electron chi connectivity index (χ0n) is 27.0. The Morgan fingerprint density at radius 3 is 2.26 bits per heavy atom. The van der Waals surface area contributed by atoms with Gasteiger partial charge in [-0.15, -0.1) is 0 Å². The predicted molar refractivity (Wildman–Crippen MR) is 161 cm³/mol. The van der Waals surface area contributed by atoms with E-state index in [4.69, 9.17) is 9.84 Å². The molecule has 1 aliphatic heterocycles. The third-order valence-electron chi connectivity index (χ3n) is 8.41. The summed E-state index contributed by atoms with van der Waals surface area (Å²) in [5.74, 6) is -3.38. The second kappa shape index (κ2) is 15.8. The molecule has 15 heteroatoms. The molecule has 2 aliphatic rings. The summed E-state index contributed by atoms with van der Waals surface area (Å²) < 4.78 is 75.2. The molecule has 4 rings (SSSR count). The molecule has 2 unspecified atom stereocenters. The van der Waals surface area contributed by atoms with Crippen LogP contribution in [0.25, 0.3) is 10.9 Å². The number of carboxylic acid groups (broad SMARTS) is 1. The van der Waals surface area contributed by atoms with Crippen LogP contribution in [0.15, 0.2) is 23.0 Å². The van der Waals surface area contributed by atoms with E-state index in [0.29, 0.717) is 18.9 Å². The number of unbranched alkanes of at least 4 members (excludes halogenated alkanes) is 1. The monoisotopic (exact) mass is 709 g/mol. The number of halogens is 5. The fraction of sp³-hybridized carbons (Fsp3) is 0.625. The Hall–Kier alpha value is -3.13. The molecule has 1 saturated carbocycles. The number of benzene rings is 1. The van der Waals surface area contributed by atoms with Gasteiger partial charge in [0.25, 0.3) is 11.5 Å². The SMILES string of the molecule is CC1CCN(C(=O)[C@@H](NC(=O)O)C(C)(C)C)C1[C-]=O.COc1ccc2c(C(F)(F)F)c(C(F)(F)CCCCC3CC3)c(=O)[nH]c2c1.[V]. The van der Waals surface area contributed by atoms with Gasteiger partial charge in [-0.25, -0.2) is 19.9 Å². The Balaban J connectivity index is 0.000000341. The first-order valence-corrected chi connectivity index (χ1v) is 15.2. The Morgan fingerprint density at radius 2 is 1.74 bits per heavy atom. The quantitative estimate of drug-likeness (QED) is 0.144. The molecule has 0 bridgehead atoms. The van der Waals surface area contributed by atoms with Crippen LogP contribution in [-0.2, 0) is 40.2 Å². The molecule has 2 aromatic rings. The number of carbonyl (C=O) groups is 2. The normalized spacial score (nSPS) is 18.9. The summed E-state index contributed by atoms with van der Waals surface area (Å²) in [5.41, 5.74) is -5.25. The van der Waals surface area contributed by atoms with E-state index in [2.05, 4.69) is 10.3 Å². The maximum absolute atomic E-state index is 14.7. The fourth-order valence-corrected chi connectivity index (χ4v) is 5.67. The number of nitrogens with one attached hydrogen (secondary N) is 2. The second-order valence-corrected chi connectivity index (χ2v) is 13.1. The second-order valence-electron chi connectivity index (χ2n) is 13.1. The van der Waals surface area contributed by atoms with Gasteiger partial charge >= 0.3 is 12.3 Å². The number of amides is 2. The van der Waals surface area contributed by atoms with Gasteiger partial charge < -0.3 is 29.8 Å². The number of alkyl halides is 5. The molecule has 2 fully saturated rings. The van der Waals surface area contributed by atoms with Crippen LogP contribution in [-0.4, -0.2) is 59.0 Å². The van der Waals surface area contributed by atoms with Crippen molar-refractivity contribution in [1.82, 2.24) is 15.2 Å². The number of hydrogen-bond acceptors (Lipinski definition) is 5. The molecule has 261 valence electrons. The van der Waals surface area contributed by atoms with E-state index < -0.39 is 64.2 Å². The van der Waals surface area contributed by atoms with Crippen molar-refractivity contribution in [3.8, 4) is 5.75 Å². The van der Waals surface area contributed by atoms with Crippen molar-refractivity contribution in [2.45, 2.75) is 96.8 Å². The Morgan fingerprint density at radius 1 is 1.11 bits per heavy atom. The minimum absolute atomic E-state index is 0. The van der Waals surface area contributed by atoms with Crippen molar-refractivity contribution < 1.29 is 64.7 Å². The average molecular weight is 710 g/mol. The summed E-state index contributed by atoms with van der Waals surface area (Å²) in [6, 6.07) is 2.02. The third kappa shape index (κ3) is 10.2. The van der Waals surface area contributed by atoms with Gasteiger partial charge in [-0.05, 0) is 42.2 Å². The number of methoxy groups -OCH3 is 1. The van der Waals surface area contributed by atoms with Crippen molar-refractivity contribution in [2.75, 3.05) is 13.7 Å². The zero-order chi connectivity index (χ0) is 34.6. The molecular weight excluding hydrogens is 668 g/mol. The van der Waals surface area contributed by atoms with E-state index in [1.165, 1.54) is 24.1 Å². The molecule has 2 heterocycles. The van der Waals surface area contributed by atoms with E-state index in [1.807, 2.05) is 13.2 Å². The first kappa shape index (κ1) is 40.1.